The number of amides is 1. The van der Waals surface area contributed by atoms with Gasteiger partial charge in [-0.3, -0.25) is 4.79 Å². The fourth-order valence-corrected chi connectivity index (χ4v) is 3.13. The Morgan fingerprint density at radius 2 is 1.23 bits per heavy atom. The van der Waals surface area contributed by atoms with Crippen LogP contribution in [0.1, 0.15) is 23.6 Å². The van der Waals surface area contributed by atoms with Gasteiger partial charge in [0.15, 0.2) is 5.60 Å². The number of carbonyl (C=O) groups is 1. The van der Waals surface area contributed by atoms with Gasteiger partial charge >= 0.3 is 0 Å². The first-order valence-corrected chi connectivity index (χ1v) is 8.83. The van der Waals surface area contributed by atoms with E-state index in [0.29, 0.717) is 24.2 Å². The number of benzene rings is 3. The average Bonchev–Trinajstić information content (AvgIpc) is 2.73. The minimum Gasteiger partial charge on any atom is -0.372 e. The first-order valence-electron chi connectivity index (χ1n) is 8.83. The molecule has 0 spiro atoms. The van der Waals surface area contributed by atoms with Crippen LogP contribution in [0, 0.1) is 0 Å². The Labute approximate surface area is 154 Å². The molecule has 3 nitrogen and oxygen atoms in total. The molecule has 0 unspecified atom stereocenters. The van der Waals surface area contributed by atoms with Crippen molar-refractivity contribution in [2.45, 2.75) is 19.1 Å². The van der Waals surface area contributed by atoms with Crippen LogP contribution in [0.25, 0.3) is 0 Å². The Balaban J connectivity index is 2.02. The van der Waals surface area contributed by atoms with Gasteiger partial charge in [-0.2, -0.15) is 0 Å². The van der Waals surface area contributed by atoms with Gasteiger partial charge in [0.2, 0.25) is 0 Å². The molecule has 0 aromatic heterocycles. The van der Waals surface area contributed by atoms with E-state index >= 15 is 0 Å². The topological polar surface area (TPSA) is 40.5 Å². The van der Waals surface area contributed by atoms with E-state index in [1.54, 1.807) is 29.2 Å². The van der Waals surface area contributed by atoms with E-state index in [0.717, 1.165) is 5.56 Å². The zero-order chi connectivity index (χ0) is 18.4. The van der Waals surface area contributed by atoms with Gasteiger partial charge in [0, 0.05) is 13.1 Å². The molecule has 3 heteroatoms. The Kier molecular flexibility index (Phi) is 5.49. The van der Waals surface area contributed by atoms with Crippen LogP contribution in [0.5, 0.6) is 0 Å². The van der Waals surface area contributed by atoms with Crippen LogP contribution in [0.15, 0.2) is 91.0 Å². The van der Waals surface area contributed by atoms with Crippen LogP contribution in [-0.2, 0) is 16.9 Å². The van der Waals surface area contributed by atoms with Gasteiger partial charge in [-0.15, -0.1) is 0 Å². The predicted octanol–water partition coefficient (Wildman–Crippen LogP) is 3.97. The molecule has 3 rings (SSSR count). The monoisotopic (exact) mass is 345 g/mol. The zero-order valence-electron chi connectivity index (χ0n) is 14.9. The van der Waals surface area contributed by atoms with E-state index < -0.39 is 5.60 Å². The zero-order valence-corrected chi connectivity index (χ0v) is 14.9. The van der Waals surface area contributed by atoms with Crippen molar-refractivity contribution < 1.29 is 9.90 Å². The summed E-state index contributed by atoms with van der Waals surface area (Å²) in [6.07, 6.45) is 0. The molecule has 0 bridgehead atoms. The van der Waals surface area contributed by atoms with Crippen molar-refractivity contribution in [3.63, 3.8) is 0 Å². The van der Waals surface area contributed by atoms with Gasteiger partial charge in [-0.1, -0.05) is 91.0 Å². The Morgan fingerprint density at radius 1 is 0.808 bits per heavy atom. The van der Waals surface area contributed by atoms with E-state index in [2.05, 4.69) is 0 Å². The van der Waals surface area contributed by atoms with Crippen LogP contribution < -0.4 is 0 Å². The second-order valence-electron chi connectivity index (χ2n) is 6.25. The number of hydrogen-bond donors (Lipinski definition) is 1. The van der Waals surface area contributed by atoms with Crippen molar-refractivity contribution in [1.82, 2.24) is 4.90 Å². The molecule has 1 amide bonds. The first kappa shape index (κ1) is 17.9. The fraction of sp³-hybridized carbons (Fsp3) is 0.174. The maximum Gasteiger partial charge on any atom is 0.264 e. The van der Waals surface area contributed by atoms with Crippen LogP contribution in [0.2, 0.25) is 0 Å². The van der Waals surface area contributed by atoms with Crippen LogP contribution in [-0.4, -0.2) is 22.5 Å². The number of rotatable bonds is 6. The smallest absolute Gasteiger partial charge is 0.264 e. The summed E-state index contributed by atoms with van der Waals surface area (Å²) < 4.78 is 0. The van der Waals surface area contributed by atoms with Gasteiger partial charge < -0.3 is 10.0 Å². The lowest BCUT2D eigenvalue weighted by molar-refractivity contribution is -0.148. The van der Waals surface area contributed by atoms with Gasteiger partial charge in [-0.05, 0) is 23.6 Å². The van der Waals surface area contributed by atoms with E-state index in [1.807, 2.05) is 73.7 Å². The van der Waals surface area contributed by atoms with Crippen LogP contribution in [0.4, 0.5) is 0 Å². The molecule has 0 atom stereocenters. The van der Waals surface area contributed by atoms with E-state index in [9.17, 15) is 9.90 Å². The largest absolute Gasteiger partial charge is 0.372 e. The molecule has 26 heavy (non-hydrogen) atoms. The molecule has 0 saturated carbocycles. The van der Waals surface area contributed by atoms with Gasteiger partial charge in [-0.25, -0.2) is 0 Å². The number of nitrogens with zero attached hydrogens (tertiary/aromatic N) is 1. The molecule has 1 N–H and O–H groups in total. The summed E-state index contributed by atoms with van der Waals surface area (Å²) in [6.45, 7) is 2.89. The lowest BCUT2D eigenvalue weighted by atomic mass is 9.85. The molecule has 0 radical (unpaired) electrons. The minimum absolute atomic E-state index is 0.318. The van der Waals surface area contributed by atoms with Crippen molar-refractivity contribution in [2.24, 2.45) is 0 Å². The summed E-state index contributed by atoms with van der Waals surface area (Å²) >= 11 is 0. The summed E-state index contributed by atoms with van der Waals surface area (Å²) in [6, 6.07) is 28.1. The Bertz CT molecular complexity index is 792. The molecular formula is C23H23NO2. The second kappa shape index (κ2) is 7.98. The summed E-state index contributed by atoms with van der Waals surface area (Å²) in [5.41, 5.74) is 0.462. The highest BCUT2D eigenvalue weighted by Crippen LogP contribution is 2.32. The lowest BCUT2D eigenvalue weighted by Gasteiger charge is -2.34. The van der Waals surface area contributed by atoms with Gasteiger partial charge in [0.05, 0.1) is 0 Å². The Morgan fingerprint density at radius 3 is 1.65 bits per heavy atom. The van der Waals surface area contributed by atoms with Gasteiger partial charge in [0.25, 0.3) is 5.91 Å². The standard InChI is InChI=1S/C23H23NO2/c1-2-24(18-19-12-6-3-7-13-19)22(25)23(26,20-14-8-4-9-15-20)21-16-10-5-11-17-21/h3-17,26H,2,18H2,1H3. The van der Waals surface area contributed by atoms with E-state index in [4.69, 9.17) is 0 Å². The number of carbonyl (C=O) groups excluding carboxylic acids is 1. The predicted molar refractivity (Wildman–Crippen MR) is 103 cm³/mol. The van der Waals surface area contributed by atoms with Crippen molar-refractivity contribution in [1.29, 1.82) is 0 Å². The fourth-order valence-electron chi connectivity index (χ4n) is 3.13. The molecule has 0 aliphatic rings. The maximum absolute atomic E-state index is 13.5. The molecule has 3 aromatic rings. The molecule has 132 valence electrons. The third-order valence-electron chi connectivity index (χ3n) is 4.58. The van der Waals surface area contributed by atoms with E-state index in [-0.39, 0.29) is 5.91 Å². The SMILES string of the molecule is CCN(Cc1ccccc1)C(=O)C(O)(c1ccccc1)c1ccccc1. The number of hydrogen-bond acceptors (Lipinski definition) is 2. The molecule has 0 aliphatic heterocycles. The van der Waals surface area contributed by atoms with Crippen molar-refractivity contribution >= 4 is 5.91 Å². The summed E-state index contributed by atoms with van der Waals surface area (Å²) in [5, 5.41) is 11.6. The Hall–Kier alpha value is -2.91. The molecule has 0 aliphatic carbocycles. The molecule has 0 saturated heterocycles. The van der Waals surface area contributed by atoms with Gasteiger partial charge in [0.1, 0.15) is 0 Å². The highest BCUT2D eigenvalue weighted by atomic mass is 16.3. The number of likely N-dealkylation sites (N-methyl/N-ethyl adjacent to an activating group) is 1. The third kappa shape index (κ3) is 3.53. The second-order valence-corrected chi connectivity index (χ2v) is 6.25. The molecule has 3 aromatic carbocycles. The average molecular weight is 345 g/mol. The minimum atomic E-state index is -1.71. The molecule has 0 fully saturated rings. The summed E-state index contributed by atoms with van der Waals surface area (Å²) in [5.74, 6) is -0.318. The highest BCUT2D eigenvalue weighted by molar-refractivity contribution is 5.90. The highest BCUT2D eigenvalue weighted by Gasteiger charge is 2.42. The van der Waals surface area contributed by atoms with Crippen molar-refractivity contribution in [3.05, 3.63) is 108 Å². The van der Waals surface area contributed by atoms with Crippen molar-refractivity contribution in [3.8, 4) is 0 Å². The molecular weight excluding hydrogens is 322 g/mol. The normalized spacial score (nSPS) is 11.2. The summed E-state index contributed by atoms with van der Waals surface area (Å²) in [7, 11) is 0. The summed E-state index contributed by atoms with van der Waals surface area (Å²) in [4.78, 5) is 15.2. The lowest BCUT2D eigenvalue weighted by Crippen LogP contribution is -2.47. The van der Waals surface area contributed by atoms with Crippen molar-refractivity contribution in [2.75, 3.05) is 6.54 Å². The number of aliphatic hydroxyl groups is 1. The maximum atomic E-state index is 13.5. The van der Waals surface area contributed by atoms with Crippen LogP contribution >= 0.6 is 0 Å². The quantitative estimate of drug-likeness (QED) is 0.734. The van der Waals surface area contributed by atoms with Crippen LogP contribution in [0.3, 0.4) is 0 Å². The first-order chi connectivity index (χ1) is 12.7. The van der Waals surface area contributed by atoms with E-state index in [1.165, 1.54) is 0 Å². The third-order valence-corrected chi connectivity index (χ3v) is 4.58. The molecule has 0 heterocycles.